The minimum absolute atomic E-state index is 0.00656. The van der Waals surface area contributed by atoms with Crippen LogP contribution in [0, 0.1) is 0 Å². The molecule has 0 heterocycles. The largest absolute Gasteiger partial charge is 0.389 e. The van der Waals surface area contributed by atoms with Crippen LogP contribution in [0.5, 0.6) is 0 Å². The molecule has 15 heavy (non-hydrogen) atoms. The second-order valence-corrected chi connectivity index (χ2v) is 3.42. The maximum Gasteiger partial charge on any atom is 0.389 e. The minimum atomic E-state index is -4.27. The standard InChI is InChI=1S/C9H17F3N2O/c1-2-7(13)4-6-14-8(15)3-5-9(10,11)12/h7H,2-6,13H2,1H3,(H,14,15). The predicted molar refractivity (Wildman–Crippen MR) is 51.2 cm³/mol. The molecule has 0 aromatic carbocycles. The van der Waals surface area contributed by atoms with Gasteiger partial charge in [0.1, 0.15) is 0 Å². The lowest BCUT2D eigenvalue weighted by atomic mass is 10.2. The molecular weight excluding hydrogens is 209 g/mol. The van der Waals surface area contributed by atoms with Gasteiger partial charge in [-0.25, -0.2) is 0 Å². The van der Waals surface area contributed by atoms with Gasteiger partial charge in [-0.15, -0.1) is 0 Å². The van der Waals surface area contributed by atoms with Crippen LogP contribution in [0.15, 0.2) is 0 Å². The fraction of sp³-hybridized carbons (Fsp3) is 0.889. The fourth-order valence-corrected chi connectivity index (χ4v) is 0.945. The van der Waals surface area contributed by atoms with Gasteiger partial charge in [-0.3, -0.25) is 4.79 Å². The van der Waals surface area contributed by atoms with Crippen molar-refractivity contribution in [3.8, 4) is 0 Å². The van der Waals surface area contributed by atoms with Gasteiger partial charge < -0.3 is 11.1 Å². The summed E-state index contributed by atoms with van der Waals surface area (Å²) in [6.07, 6.45) is -4.46. The zero-order valence-electron chi connectivity index (χ0n) is 8.73. The van der Waals surface area contributed by atoms with Gasteiger partial charge in [-0.1, -0.05) is 6.92 Å². The van der Waals surface area contributed by atoms with E-state index in [1.54, 1.807) is 0 Å². The SMILES string of the molecule is CCC(N)CCNC(=O)CCC(F)(F)F. The maximum absolute atomic E-state index is 11.7. The van der Waals surface area contributed by atoms with E-state index in [9.17, 15) is 18.0 Å². The van der Waals surface area contributed by atoms with E-state index in [4.69, 9.17) is 5.73 Å². The molecule has 0 aromatic heterocycles. The Morgan fingerprint density at radius 3 is 2.53 bits per heavy atom. The van der Waals surface area contributed by atoms with Crippen molar-refractivity contribution in [1.82, 2.24) is 5.32 Å². The number of halogens is 3. The number of hydrogen-bond acceptors (Lipinski definition) is 2. The van der Waals surface area contributed by atoms with Gasteiger partial charge in [0.2, 0.25) is 5.91 Å². The molecule has 1 unspecified atom stereocenters. The molecule has 0 aliphatic rings. The van der Waals surface area contributed by atoms with Crippen molar-refractivity contribution in [2.75, 3.05) is 6.54 Å². The molecule has 3 N–H and O–H groups in total. The first-order valence-corrected chi connectivity index (χ1v) is 4.94. The Labute approximate surface area is 87.2 Å². The van der Waals surface area contributed by atoms with E-state index in [-0.39, 0.29) is 6.04 Å². The summed E-state index contributed by atoms with van der Waals surface area (Å²) in [5.41, 5.74) is 5.57. The highest BCUT2D eigenvalue weighted by atomic mass is 19.4. The van der Waals surface area contributed by atoms with Crippen LogP contribution >= 0.6 is 0 Å². The van der Waals surface area contributed by atoms with Crippen molar-refractivity contribution in [3.05, 3.63) is 0 Å². The highest BCUT2D eigenvalue weighted by Gasteiger charge is 2.27. The van der Waals surface area contributed by atoms with Crippen LogP contribution in [0.1, 0.15) is 32.6 Å². The van der Waals surface area contributed by atoms with E-state index in [2.05, 4.69) is 5.32 Å². The second-order valence-electron chi connectivity index (χ2n) is 3.42. The van der Waals surface area contributed by atoms with Crippen LogP contribution < -0.4 is 11.1 Å². The average molecular weight is 226 g/mol. The van der Waals surface area contributed by atoms with Crippen molar-refractivity contribution in [3.63, 3.8) is 0 Å². The van der Waals surface area contributed by atoms with Gasteiger partial charge in [0.25, 0.3) is 0 Å². The summed E-state index contributed by atoms with van der Waals surface area (Å²) in [4.78, 5) is 10.9. The zero-order valence-corrected chi connectivity index (χ0v) is 8.73. The van der Waals surface area contributed by atoms with Crippen molar-refractivity contribution in [1.29, 1.82) is 0 Å². The number of carbonyl (C=O) groups is 1. The molecule has 0 rings (SSSR count). The number of carbonyl (C=O) groups excluding carboxylic acids is 1. The minimum Gasteiger partial charge on any atom is -0.356 e. The van der Waals surface area contributed by atoms with Crippen LogP contribution in [0.2, 0.25) is 0 Å². The quantitative estimate of drug-likeness (QED) is 0.722. The second kappa shape index (κ2) is 6.66. The van der Waals surface area contributed by atoms with Crippen LogP contribution in [0.3, 0.4) is 0 Å². The average Bonchev–Trinajstić information content (AvgIpc) is 2.13. The molecule has 6 heteroatoms. The van der Waals surface area contributed by atoms with E-state index in [0.29, 0.717) is 13.0 Å². The molecule has 0 aliphatic heterocycles. The van der Waals surface area contributed by atoms with E-state index in [1.807, 2.05) is 6.92 Å². The molecule has 0 radical (unpaired) electrons. The van der Waals surface area contributed by atoms with Gasteiger partial charge in [-0.05, 0) is 12.8 Å². The normalized spacial score (nSPS) is 13.7. The molecule has 0 aliphatic carbocycles. The summed E-state index contributed by atoms with van der Waals surface area (Å²) < 4.78 is 35.2. The number of hydrogen-bond donors (Lipinski definition) is 2. The summed E-state index contributed by atoms with van der Waals surface area (Å²) in [7, 11) is 0. The van der Waals surface area contributed by atoms with Gasteiger partial charge in [0.05, 0.1) is 6.42 Å². The van der Waals surface area contributed by atoms with E-state index in [1.165, 1.54) is 0 Å². The Bertz CT molecular complexity index is 194. The Hall–Kier alpha value is -0.780. The first-order chi connectivity index (χ1) is 6.85. The van der Waals surface area contributed by atoms with E-state index >= 15 is 0 Å². The maximum atomic E-state index is 11.7. The van der Waals surface area contributed by atoms with Crippen LogP contribution in [-0.2, 0) is 4.79 Å². The Balaban J connectivity index is 3.50. The lowest BCUT2D eigenvalue weighted by Crippen LogP contribution is -2.30. The number of amides is 1. The highest BCUT2D eigenvalue weighted by Crippen LogP contribution is 2.20. The van der Waals surface area contributed by atoms with Crippen LogP contribution in [-0.4, -0.2) is 24.7 Å². The van der Waals surface area contributed by atoms with Crippen LogP contribution in [0.25, 0.3) is 0 Å². The molecule has 0 aromatic rings. The summed E-state index contributed by atoms with van der Waals surface area (Å²) in [6.45, 7) is 2.25. The lowest BCUT2D eigenvalue weighted by Gasteiger charge is -2.10. The van der Waals surface area contributed by atoms with Crippen molar-refractivity contribution in [2.45, 2.75) is 44.8 Å². The van der Waals surface area contributed by atoms with E-state index < -0.39 is 24.9 Å². The summed E-state index contributed by atoms with van der Waals surface area (Å²) in [6, 6.07) is -0.00656. The Kier molecular flexibility index (Phi) is 6.31. The number of alkyl halides is 3. The fourth-order valence-electron chi connectivity index (χ4n) is 0.945. The van der Waals surface area contributed by atoms with Crippen molar-refractivity contribution in [2.24, 2.45) is 5.73 Å². The smallest absolute Gasteiger partial charge is 0.356 e. The van der Waals surface area contributed by atoms with Gasteiger partial charge in [0, 0.05) is 19.0 Å². The first kappa shape index (κ1) is 14.2. The third kappa shape index (κ3) is 9.52. The zero-order chi connectivity index (χ0) is 11.9. The third-order valence-electron chi connectivity index (χ3n) is 2.00. The monoisotopic (exact) mass is 226 g/mol. The number of rotatable bonds is 6. The van der Waals surface area contributed by atoms with Gasteiger partial charge in [-0.2, -0.15) is 13.2 Å². The van der Waals surface area contributed by atoms with Gasteiger partial charge in [0.15, 0.2) is 0 Å². The predicted octanol–water partition coefficient (Wildman–Crippen LogP) is 1.57. The number of nitrogens with one attached hydrogen (secondary N) is 1. The molecule has 0 spiro atoms. The molecule has 0 fully saturated rings. The Morgan fingerprint density at radius 1 is 1.47 bits per heavy atom. The first-order valence-electron chi connectivity index (χ1n) is 4.94. The van der Waals surface area contributed by atoms with Crippen molar-refractivity contribution < 1.29 is 18.0 Å². The van der Waals surface area contributed by atoms with Crippen molar-refractivity contribution >= 4 is 5.91 Å². The molecule has 3 nitrogen and oxygen atoms in total. The summed E-state index contributed by atoms with van der Waals surface area (Å²) >= 11 is 0. The Morgan fingerprint density at radius 2 is 2.07 bits per heavy atom. The number of nitrogens with two attached hydrogens (primary N) is 1. The molecule has 1 amide bonds. The van der Waals surface area contributed by atoms with Gasteiger partial charge >= 0.3 is 6.18 Å². The lowest BCUT2D eigenvalue weighted by molar-refractivity contribution is -0.144. The topological polar surface area (TPSA) is 55.1 Å². The summed E-state index contributed by atoms with van der Waals surface area (Å²) in [5.74, 6) is -0.573. The third-order valence-corrected chi connectivity index (χ3v) is 2.00. The molecule has 1 atom stereocenters. The highest BCUT2D eigenvalue weighted by molar-refractivity contribution is 5.75. The molecule has 0 saturated carbocycles. The molecular formula is C9H17F3N2O. The molecule has 0 bridgehead atoms. The van der Waals surface area contributed by atoms with E-state index in [0.717, 1.165) is 6.42 Å². The summed E-state index contributed by atoms with van der Waals surface area (Å²) in [5, 5.41) is 2.40. The van der Waals surface area contributed by atoms with Crippen LogP contribution in [0.4, 0.5) is 13.2 Å². The molecule has 0 saturated heterocycles. The molecule has 90 valence electrons.